The number of likely N-dealkylation sites (tertiary alicyclic amines) is 1. The number of piperidine rings is 1. The molecule has 4 rings (SSSR count). The third kappa shape index (κ3) is 5.58. The summed E-state index contributed by atoms with van der Waals surface area (Å²) in [5, 5.41) is 0. The van der Waals surface area contributed by atoms with E-state index < -0.39 is 5.60 Å². The van der Waals surface area contributed by atoms with E-state index in [-0.39, 0.29) is 16.9 Å². The first-order valence-electron chi connectivity index (χ1n) is 13.1. The average Bonchev–Trinajstić information content (AvgIpc) is 3.02. The van der Waals surface area contributed by atoms with Gasteiger partial charge in [-0.05, 0) is 104 Å². The molecule has 1 aromatic rings. The highest BCUT2D eigenvalue weighted by atomic mass is 32.2. The van der Waals surface area contributed by atoms with Crippen molar-refractivity contribution in [3.8, 4) is 0 Å². The Balaban J connectivity index is 1.48. The number of fused-ring (bicyclic) bond motifs is 1. The van der Waals surface area contributed by atoms with Crippen LogP contribution in [0.15, 0.2) is 35.3 Å². The molecule has 3 nitrogen and oxygen atoms in total. The van der Waals surface area contributed by atoms with Crippen LogP contribution in [0.3, 0.4) is 0 Å². The molecule has 0 radical (unpaired) electrons. The molecule has 186 valence electrons. The third-order valence-electron chi connectivity index (χ3n) is 7.76. The Bertz CT molecular complexity index is 988. The topological polar surface area (TPSA) is 29.5 Å². The summed E-state index contributed by atoms with van der Waals surface area (Å²) in [5.41, 5.74) is 4.46. The molecule has 2 aliphatic heterocycles. The quantitative estimate of drug-likeness (QED) is 0.424. The zero-order valence-electron chi connectivity index (χ0n) is 22.3. The second-order valence-electron chi connectivity index (χ2n) is 12.6. The molecular formula is C30H43NO2S. The lowest BCUT2D eigenvalue weighted by molar-refractivity contribution is 0.0196. The van der Waals surface area contributed by atoms with Gasteiger partial charge in [0, 0.05) is 18.0 Å². The molecule has 0 saturated carbocycles. The van der Waals surface area contributed by atoms with Crippen LogP contribution < -0.4 is 0 Å². The van der Waals surface area contributed by atoms with E-state index in [4.69, 9.17) is 4.74 Å². The summed E-state index contributed by atoms with van der Waals surface area (Å²) in [4.78, 5) is 17.3. The first-order chi connectivity index (χ1) is 15.9. The van der Waals surface area contributed by atoms with Crippen molar-refractivity contribution in [3.05, 3.63) is 51.9 Å². The van der Waals surface area contributed by atoms with E-state index in [1.165, 1.54) is 39.3 Å². The molecular weight excluding hydrogens is 438 g/mol. The molecule has 1 saturated heterocycles. The molecule has 4 heteroatoms. The number of hydrogen-bond acceptors (Lipinski definition) is 3. The highest BCUT2D eigenvalue weighted by Crippen LogP contribution is 2.48. The highest BCUT2D eigenvalue weighted by Gasteiger charge is 2.37. The monoisotopic (exact) mass is 481 g/mol. The lowest BCUT2D eigenvalue weighted by atomic mass is 9.63. The van der Waals surface area contributed by atoms with Gasteiger partial charge in [-0.25, -0.2) is 4.79 Å². The summed E-state index contributed by atoms with van der Waals surface area (Å²) in [5.74, 6) is 0.526. The number of carbonyl (C=O) groups excluding carboxylic acids is 1. The first kappa shape index (κ1) is 25.4. The summed E-state index contributed by atoms with van der Waals surface area (Å²) < 4.78 is 5.59. The minimum absolute atomic E-state index is 0.173. The van der Waals surface area contributed by atoms with Crippen LogP contribution in [0.25, 0.3) is 4.91 Å². The van der Waals surface area contributed by atoms with Crippen molar-refractivity contribution in [1.82, 2.24) is 4.90 Å². The predicted octanol–water partition coefficient (Wildman–Crippen LogP) is 8.43. The van der Waals surface area contributed by atoms with Crippen molar-refractivity contribution in [2.75, 3.05) is 13.1 Å². The van der Waals surface area contributed by atoms with Gasteiger partial charge in [0.2, 0.25) is 0 Å². The Kier molecular flexibility index (Phi) is 7.03. The van der Waals surface area contributed by atoms with Crippen LogP contribution in [-0.4, -0.2) is 29.7 Å². The minimum Gasteiger partial charge on any atom is -0.444 e. The molecule has 0 bridgehead atoms. The van der Waals surface area contributed by atoms with Crippen molar-refractivity contribution in [3.63, 3.8) is 0 Å². The number of hydrogen-bond donors (Lipinski definition) is 0. The SMILES string of the molecule is CC(C)(C)OC(=O)N1CCC(C2=CCCC=C(c3ccc4c(c3)C(C)(C)CCC4(C)C)S2)CC1. The Morgan fingerprint density at radius 3 is 2.24 bits per heavy atom. The molecule has 1 aliphatic carbocycles. The average molecular weight is 482 g/mol. The summed E-state index contributed by atoms with van der Waals surface area (Å²) >= 11 is 1.97. The molecule has 0 atom stereocenters. The minimum atomic E-state index is -0.439. The number of allylic oxidation sites excluding steroid dienone is 3. The molecule has 3 aliphatic rings. The largest absolute Gasteiger partial charge is 0.444 e. The lowest BCUT2D eigenvalue weighted by Crippen LogP contribution is -2.41. The van der Waals surface area contributed by atoms with Gasteiger partial charge in [0.1, 0.15) is 5.60 Å². The molecule has 1 fully saturated rings. The standard InChI is InChI=1S/C30H43NO2S/c1-28(2,3)33-27(32)31-18-14-21(15-19-31)25-10-8-9-11-26(34-25)22-12-13-23-24(20-22)30(6,7)17-16-29(23,4)5/h10-13,20-21H,8-9,14-19H2,1-7H3. The second-order valence-corrected chi connectivity index (χ2v) is 13.7. The molecule has 2 heterocycles. The summed E-state index contributed by atoms with van der Waals surface area (Å²) in [7, 11) is 0. The third-order valence-corrected chi connectivity index (χ3v) is 9.11. The van der Waals surface area contributed by atoms with Crippen LogP contribution in [0.4, 0.5) is 4.79 Å². The van der Waals surface area contributed by atoms with Crippen LogP contribution in [0.5, 0.6) is 0 Å². The Morgan fingerprint density at radius 1 is 0.971 bits per heavy atom. The molecule has 0 unspecified atom stereocenters. The van der Waals surface area contributed by atoms with E-state index >= 15 is 0 Å². The fourth-order valence-corrected chi connectivity index (χ4v) is 6.80. The summed E-state index contributed by atoms with van der Waals surface area (Å²) in [6.45, 7) is 16.9. The van der Waals surface area contributed by atoms with Crippen molar-refractivity contribution < 1.29 is 9.53 Å². The zero-order valence-corrected chi connectivity index (χ0v) is 23.1. The Labute approximate surface area is 211 Å². The van der Waals surface area contributed by atoms with E-state index in [1.807, 2.05) is 37.4 Å². The van der Waals surface area contributed by atoms with Gasteiger partial charge in [-0.2, -0.15) is 0 Å². The molecule has 1 aromatic carbocycles. The molecule has 1 amide bonds. The van der Waals surface area contributed by atoms with Crippen LogP contribution in [-0.2, 0) is 15.6 Å². The molecule has 0 spiro atoms. The summed E-state index contributed by atoms with van der Waals surface area (Å²) in [6, 6.07) is 7.25. The van der Waals surface area contributed by atoms with Crippen LogP contribution in [0, 0.1) is 5.92 Å². The maximum Gasteiger partial charge on any atom is 0.410 e. The van der Waals surface area contributed by atoms with E-state index in [1.54, 1.807) is 0 Å². The van der Waals surface area contributed by atoms with Crippen molar-refractivity contribution in [2.24, 2.45) is 5.92 Å². The second kappa shape index (κ2) is 9.41. The smallest absolute Gasteiger partial charge is 0.410 e. The molecule has 34 heavy (non-hydrogen) atoms. The van der Waals surface area contributed by atoms with Gasteiger partial charge in [-0.1, -0.05) is 63.7 Å². The molecule has 0 N–H and O–H groups in total. The van der Waals surface area contributed by atoms with Gasteiger partial charge in [-0.15, -0.1) is 0 Å². The van der Waals surface area contributed by atoms with Crippen molar-refractivity contribution in [1.29, 1.82) is 0 Å². The van der Waals surface area contributed by atoms with E-state index in [0.29, 0.717) is 5.92 Å². The summed E-state index contributed by atoms with van der Waals surface area (Å²) in [6.07, 6.45) is 11.4. The van der Waals surface area contributed by atoms with Gasteiger partial charge in [0.15, 0.2) is 0 Å². The van der Waals surface area contributed by atoms with Crippen LogP contribution in [0.2, 0.25) is 0 Å². The van der Waals surface area contributed by atoms with E-state index in [9.17, 15) is 4.79 Å². The van der Waals surface area contributed by atoms with Crippen LogP contribution in [0.1, 0.15) is 104 Å². The van der Waals surface area contributed by atoms with Gasteiger partial charge >= 0.3 is 6.09 Å². The van der Waals surface area contributed by atoms with Gasteiger partial charge in [0.25, 0.3) is 0 Å². The number of ether oxygens (including phenoxy) is 1. The van der Waals surface area contributed by atoms with Gasteiger partial charge in [-0.3, -0.25) is 0 Å². The fraction of sp³-hybridized carbons (Fsp3) is 0.633. The predicted molar refractivity (Wildman–Crippen MR) is 145 cm³/mol. The Hall–Kier alpha value is -1.68. The molecule has 0 aromatic heterocycles. The normalized spacial score (nSPS) is 22.9. The zero-order chi connectivity index (χ0) is 24.7. The van der Waals surface area contributed by atoms with Crippen LogP contribution >= 0.6 is 11.8 Å². The number of nitrogens with zero attached hydrogens (tertiary/aromatic N) is 1. The first-order valence-corrected chi connectivity index (χ1v) is 13.9. The maximum atomic E-state index is 12.5. The van der Waals surface area contributed by atoms with Gasteiger partial charge in [0.05, 0.1) is 0 Å². The van der Waals surface area contributed by atoms with E-state index in [2.05, 4.69) is 58.0 Å². The number of thioether (sulfide) groups is 1. The number of amides is 1. The van der Waals surface area contributed by atoms with Gasteiger partial charge < -0.3 is 9.64 Å². The lowest BCUT2D eigenvalue weighted by Gasteiger charge is -2.42. The van der Waals surface area contributed by atoms with Crippen molar-refractivity contribution >= 4 is 22.8 Å². The number of benzene rings is 1. The highest BCUT2D eigenvalue weighted by molar-refractivity contribution is 8.11. The van der Waals surface area contributed by atoms with Crippen molar-refractivity contribution in [2.45, 2.75) is 103 Å². The Morgan fingerprint density at radius 2 is 1.59 bits per heavy atom. The fourth-order valence-electron chi connectivity index (χ4n) is 5.49. The number of rotatable bonds is 2. The maximum absolute atomic E-state index is 12.5. The number of carbonyl (C=O) groups is 1. The van der Waals surface area contributed by atoms with E-state index in [0.717, 1.165) is 38.8 Å².